The van der Waals surface area contributed by atoms with Gasteiger partial charge in [-0.05, 0) is 23.8 Å². The molecule has 6 heteroatoms. The van der Waals surface area contributed by atoms with Crippen LogP contribution in [-0.2, 0) is 4.79 Å². The van der Waals surface area contributed by atoms with Gasteiger partial charge in [-0.3, -0.25) is 4.79 Å². The zero-order valence-corrected chi connectivity index (χ0v) is 9.32. The lowest BCUT2D eigenvalue weighted by Gasteiger charge is -2.05. The number of carbonyl (C=O) groups is 2. The highest BCUT2D eigenvalue weighted by molar-refractivity contribution is 5.95. The van der Waals surface area contributed by atoms with Crippen molar-refractivity contribution in [2.75, 3.05) is 13.2 Å². The molecular weight excluding hydrogens is 244 g/mol. The fourth-order valence-electron chi connectivity index (χ4n) is 1.24. The summed E-state index contributed by atoms with van der Waals surface area (Å²) in [7, 11) is 0. The Kier molecular flexibility index (Phi) is 4.98. The van der Waals surface area contributed by atoms with E-state index in [1.165, 1.54) is 18.2 Å². The van der Waals surface area contributed by atoms with E-state index in [2.05, 4.69) is 5.32 Å². The summed E-state index contributed by atoms with van der Waals surface area (Å²) in [6, 6.07) is 3.58. The Labute approximate surface area is 102 Å². The van der Waals surface area contributed by atoms with Crippen molar-refractivity contribution in [1.29, 1.82) is 0 Å². The Bertz CT molecular complexity index is 486. The van der Waals surface area contributed by atoms with Crippen LogP contribution in [0.15, 0.2) is 24.3 Å². The van der Waals surface area contributed by atoms with Crippen LogP contribution in [0.25, 0.3) is 6.08 Å². The Hall–Kier alpha value is -2.24. The van der Waals surface area contributed by atoms with Crippen molar-refractivity contribution in [3.63, 3.8) is 0 Å². The lowest BCUT2D eigenvalue weighted by molar-refractivity contribution is -0.131. The molecule has 18 heavy (non-hydrogen) atoms. The van der Waals surface area contributed by atoms with E-state index >= 15 is 0 Å². The zero-order valence-electron chi connectivity index (χ0n) is 9.32. The second kappa shape index (κ2) is 6.48. The number of amides is 1. The topological polar surface area (TPSA) is 66.4 Å². The molecule has 0 spiro atoms. The van der Waals surface area contributed by atoms with Gasteiger partial charge in [0, 0.05) is 12.6 Å². The minimum Gasteiger partial charge on any atom is -0.478 e. The molecule has 0 aliphatic heterocycles. The van der Waals surface area contributed by atoms with Crippen molar-refractivity contribution < 1.29 is 23.5 Å². The first-order valence-corrected chi connectivity index (χ1v) is 5.09. The Morgan fingerprint density at radius 3 is 2.72 bits per heavy atom. The number of carboxylic acids is 1. The predicted octanol–water partition coefficient (Wildman–Crippen LogP) is 1.62. The maximum absolute atomic E-state index is 13.4. The number of carboxylic acid groups (broad SMARTS) is 1. The Balaban J connectivity index is 2.94. The van der Waals surface area contributed by atoms with E-state index in [9.17, 15) is 18.4 Å². The van der Waals surface area contributed by atoms with Gasteiger partial charge in [0.15, 0.2) is 0 Å². The maximum Gasteiger partial charge on any atom is 0.328 e. The summed E-state index contributed by atoms with van der Waals surface area (Å²) in [6.45, 7) is -0.945. The van der Waals surface area contributed by atoms with Gasteiger partial charge in [-0.25, -0.2) is 13.6 Å². The van der Waals surface area contributed by atoms with Crippen LogP contribution in [0.4, 0.5) is 8.78 Å². The summed E-state index contributed by atoms with van der Waals surface area (Å²) in [5.74, 6) is -2.64. The van der Waals surface area contributed by atoms with Crippen LogP contribution in [0.1, 0.15) is 15.9 Å². The average Bonchev–Trinajstić information content (AvgIpc) is 2.34. The summed E-state index contributed by atoms with van der Waals surface area (Å²) < 4.78 is 25.2. The summed E-state index contributed by atoms with van der Waals surface area (Å²) in [5, 5.41) is 10.6. The SMILES string of the molecule is O=C(O)/C=C/c1ccc(F)c(C(=O)NCCF)c1. The molecule has 0 aliphatic carbocycles. The number of aliphatic carboxylic acids is 1. The highest BCUT2D eigenvalue weighted by Crippen LogP contribution is 2.12. The third-order valence-corrected chi connectivity index (χ3v) is 2.03. The normalized spacial score (nSPS) is 10.6. The van der Waals surface area contributed by atoms with Crippen LogP contribution in [0.3, 0.4) is 0 Å². The third-order valence-electron chi connectivity index (χ3n) is 2.03. The molecule has 0 unspecified atom stereocenters. The van der Waals surface area contributed by atoms with Crippen LogP contribution in [0.2, 0.25) is 0 Å². The number of hydrogen-bond acceptors (Lipinski definition) is 2. The molecule has 1 aromatic rings. The van der Waals surface area contributed by atoms with E-state index in [-0.39, 0.29) is 12.1 Å². The Morgan fingerprint density at radius 2 is 2.11 bits per heavy atom. The molecule has 0 bridgehead atoms. The number of nitrogens with one attached hydrogen (secondary N) is 1. The molecule has 0 saturated heterocycles. The monoisotopic (exact) mass is 255 g/mol. The van der Waals surface area contributed by atoms with Crippen LogP contribution in [0.5, 0.6) is 0 Å². The molecule has 0 aliphatic rings. The number of alkyl halides is 1. The molecule has 1 amide bonds. The van der Waals surface area contributed by atoms with Crippen LogP contribution < -0.4 is 5.32 Å². The first-order valence-electron chi connectivity index (χ1n) is 5.09. The molecule has 0 aromatic heterocycles. The van der Waals surface area contributed by atoms with Gasteiger partial charge in [0.25, 0.3) is 5.91 Å². The molecule has 0 heterocycles. The van der Waals surface area contributed by atoms with Gasteiger partial charge in [0.2, 0.25) is 0 Å². The molecule has 0 radical (unpaired) electrons. The second-order valence-corrected chi connectivity index (χ2v) is 3.36. The van der Waals surface area contributed by atoms with E-state index in [4.69, 9.17) is 5.11 Å². The minimum absolute atomic E-state index is 0.201. The second-order valence-electron chi connectivity index (χ2n) is 3.36. The van der Waals surface area contributed by atoms with Gasteiger partial charge in [-0.15, -0.1) is 0 Å². The molecule has 4 nitrogen and oxygen atoms in total. The lowest BCUT2D eigenvalue weighted by atomic mass is 10.1. The van der Waals surface area contributed by atoms with E-state index in [0.29, 0.717) is 5.56 Å². The van der Waals surface area contributed by atoms with Gasteiger partial charge in [-0.1, -0.05) is 6.07 Å². The van der Waals surface area contributed by atoms with E-state index < -0.39 is 24.4 Å². The maximum atomic E-state index is 13.4. The highest BCUT2D eigenvalue weighted by Gasteiger charge is 2.11. The molecular formula is C12H11F2NO3. The number of hydrogen-bond donors (Lipinski definition) is 2. The lowest BCUT2D eigenvalue weighted by Crippen LogP contribution is -2.26. The van der Waals surface area contributed by atoms with Gasteiger partial charge in [-0.2, -0.15) is 0 Å². The zero-order chi connectivity index (χ0) is 13.5. The highest BCUT2D eigenvalue weighted by atomic mass is 19.1. The summed E-state index contributed by atoms with van der Waals surface area (Å²) in [4.78, 5) is 21.8. The third kappa shape index (κ3) is 3.97. The molecule has 0 saturated carbocycles. The quantitative estimate of drug-likeness (QED) is 0.786. The van der Waals surface area contributed by atoms with Crippen molar-refractivity contribution in [2.45, 2.75) is 0 Å². The number of halogens is 2. The largest absolute Gasteiger partial charge is 0.478 e. The van der Waals surface area contributed by atoms with Gasteiger partial charge in [0.05, 0.1) is 5.56 Å². The molecule has 1 aromatic carbocycles. The van der Waals surface area contributed by atoms with Crippen molar-refractivity contribution in [2.24, 2.45) is 0 Å². The van der Waals surface area contributed by atoms with Gasteiger partial charge < -0.3 is 10.4 Å². The summed E-state index contributed by atoms with van der Waals surface area (Å²) >= 11 is 0. The van der Waals surface area contributed by atoms with Crippen LogP contribution in [-0.4, -0.2) is 30.2 Å². The Morgan fingerprint density at radius 1 is 1.39 bits per heavy atom. The van der Waals surface area contributed by atoms with E-state index in [1.807, 2.05) is 0 Å². The van der Waals surface area contributed by atoms with Crippen LogP contribution in [0, 0.1) is 5.82 Å². The predicted molar refractivity (Wildman–Crippen MR) is 61.4 cm³/mol. The van der Waals surface area contributed by atoms with Crippen molar-refractivity contribution in [3.05, 3.63) is 41.2 Å². The van der Waals surface area contributed by atoms with Crippen molar-refractivity contribution >= 4 is 18.0 Å². The summed E-state index contributed by atoms with van der Waals surface area (Å²) in [5.41, 5.74) is 0.111. The minimum atomic E-state index is -1.15. The summed E-state index contributed by atoms with van der Waals surface area (Å²) in [6.07, 6.45) is 2.10. The van der Waals surface area contributed by atoms with Crippen molar-refractivity contribution in [3.8, 4) is 0 Å². The fraction of sp³-hybridized carbons (Fsp3) is 0.167. The number of carbonyl (C=O) groups excluding carboxylic acids is 1. The molecule has 96 valence electrons. The standard InChI is InChI=1S/C12H11F2NO3/c13-5-6-15-12(18)9-7-8(1-3-10(9)14)2-4-11(16)17/h1-4,7H,5-6H2,(H,15,18)(H,16,17)/b4-2+. The average molecular weight is 255 g/mol. The van der Waals surface area contributed by atoms with Gasteiger partial charge >= 0.3 is 5.97 Å². The fourth-order valence-corrected chi connectivity index (χ4v) is 1.24. The molecule has 0 fully saturated rings. The smallest absolute Gasteiger partial charge is 0.328 e. The van der Waals surface area contributed by atoms with Gasteiger partial charge in [0.1, 0.15) is 12.5 Å². The molecule has 2 N–H and O–H groups in total. The van der Waals surface area contributed by atoms with E-state index in [1.54, 1.807) is 0 Å². The first-order chi connectivity index (χ1) is 8.54. The van der Waals surface area contributed by atoms with Crippen molar-refractivity contribution in [1.82, 2.24) is 5.32 Å². The number of rotatable bonds is 5. The first kappa shape index (κ1) is 13.8. The number of benzene rings is 1. The van der Waals surface area contributed by atoms with E-state index in [0.717, 1.165) is 12.1 Å². The molecule has 1 rings (SSSR count). The molecule has 0 atom stereocenters. The van der Waals surface area contributed by atoms with Crippen LogP contribution >= 0.6 is 0 Å².